The molecule has 0 aliphatic carbocycles. The minimum absolute atomic E-state index is 0.591. The molecule has 1 fully saturated rings. The summed E-state index contributed by atoms with van der Waals surface area (Å²) in [4.78, 5) is 2.57. The zero-order valence-electron chi connectivity index (χ0n) is 12.2. The molecule has 1 N–H and O–H groups in total. The van der Waals surface area contributed by atoms with E-state index >= 15 is 0 Å². The third-order valence-corrected chi connectivity index (χ3v) is 3.78. The summed E-state index contributed by atoms with van der Waals surface area (Å²) >= 11 is 0. The van der Waals surface area contributed by atoms with Crippen molar-refractivity contribution in [2.24, 2.45) is 0 Å². The van der Waals surface area contributed by atoms with Gasteiger partial charge in [0.15, 0.2) is 0 Å². The van der Waals surface area contributed by atoms with Crippen LogP contribution in [0.4, 0.5) is 5.69 Å². The van der Waals surface area contributed by atoms with Crippen molar-refractivity contribution in [1.29, 1.82) is 0 Å². The largest absolute Gasteiger partial charge is 0.369 e. The first-order valence-corrected chi connectivity index (χ1v) is 7.19. The van der Waals surface area contributed by atoms with Gasteiger partial charge in [-0.05, 0) is 23.0 Å². The monoisotopic (exact) mass is 246 g/mol. The van der Waals surface area contributed by atoms with Crippen molar-refractivity contribution in [1.82, 2.24) is 5.32 Å². The second-order valence-corrected chi connectivity index (χ2v) is 5.83. The van der Waals surface area contributed by atoms with Crippen LogP contribution < -0.4 is 10.2 Å². The molecular weight excluding hydrogens is 220 g/mol. The van der Waals surface area contributed by atoms with Gasteiger partial charge in [-0.25, -0.2) is 0 Å². The SMILES string of the molecule is CC(C)c1cccc(C(C)C)c1N1CCNCC1. The second kappa shape index (κ2) is 5.75. The number of hydrogen-bond acceptors (Lipinski definition) is 2. The van der Waals surface area contributed by atoms with E-state index in [4.69, 9.17) is 0 Å². The van der Waals surface area contributed by atoms with Crippen molar-refractivity contribution in [2.45, 2.75) is 39.5 Å². The molecule has 1 aromatic rings. The molecule has 1 aromatic carbocycles. The quantitative estimate of drug-likeness (QED) is 0.880. The fraction of sp³-hybridized carbons (Fsp3) is 0.625. The van der Waals surface area contributed by atoms with E-state index in [1.54, 1.807) is 0 Å². The Hall–Kier alpha value is -1.02. The number of anilines is 1. The predicted molar refractivity (Wildman–Crippen MR) is 79.7 cm³/mol. The van der Waals surface area contributed by atoms with Gasteiger partial charge in [0, 0.05) is 31.9 Å². The van der Waals surface area contributed by atoms with Gasteiger partial charge in [-0.1, -0.05) is 45.9 Å². The maximum atomic E-state index is 3.44. The molecule has 1 saturated heterocycles. The zero-order chi connectivity index (χ0) is 13.1. The predicted octanol–water partition coefficient (Wildman–Crippen LogP) is 3.34. The van der Waals surface area contributed by atoms with Crippen LogP contribution in [0.15, 0.2) is 18.2 Å². The summed E-state index contributed by atoms with van der Waals surface area (Å²) in [7, 11) is 0. The number of nitrogens with one attached hydrogen (secondary N) is 1. The zero-order valence-corrected chi connectivity index (χ0v) is 12.2. The van der Waals surface area contributed by atoms with E-state index < -0.39 is 0 Å². The Morgan fingerprint density at radius 3 is 1.89 bits per heavy atom. The molecule has 2 nitrogen and oxygen atoms in total. The molecule has 0 aromatic heterocycles. The third-order valence-electron chi connectivity index (χ3n) is 3.78. The maximum absolute atomic E-state index is 3.44. The topological polar surface area (TPSA) is 15.3 Å². The van der Waals surface area contributed by atoms with E-state index in [0.29, 0.717) is 11.8 Å². The lowest BCUT2D eigenvalue weighted by atomic mass is 9.91. The van der Waals surface area contributed by atoms with Gasteiger partial charge in [0.05, 0.1) is 0 Å². The Bertz CT molecular complexity index is 364. The van der Waals surface area contributed by atoms with E-state index in [9.17, 15) is 0 Å². The van der Waals surface area contributed by atoms with E-state index in [0.717, 1.165) is 26.2 Å². The molecule has 2 heteroatoms. The Morgan fingerprint density at radius 2 is 1.44 bits per heavy atom. The van der Waals surface area contributed by atoms with Gasteiger partial charge in [0.2, 0.25) is 0 Å². The van der Waals surface area contributed by atoms with Gasteiger partial charge in [-0.2, -0.15) is 0 Å². The van der Waals surface area contributed by atoms with Gasteiger partial charge >= 0.3 is 0 Å². The molecule has 2 rings (SSSR count). The highest BCUT2D eigenvalue weighted by Gasteiger charge is 2.20. The Kier molecular flexibility index (Phi) is 4.28. The first kappa shape index (κ1) is 13.4. The molecule has 1 heterocycles. The molecule has 1 aliphatic heterocycles. The van der Waals surface area contributed by atoms with Gasteiger partial charge < -0.3 is 10.2 Å². The second-order valence-electron chi connectivity index (χ2n) is 5.83. The van der Waals surface area contributed by atoms with Crippen molar-refractivity contribution in [2.75, 3.05) is 31.1 Å². The van der Waals surface area contributed by atoms with Crippen LogP contribution in [0, 0.1) is 0 Å². The standard InChI is InChI=1S/C16H26N2/c1-12(2)14-6-5-7-15(13(3)4)16(14)18-10-8-17-9-11-18/h5-7,12-13,17H,8-11H2,1-4H3. The molecule has 1 aliphatic rings. The Morgan fingerprint density at radius 1 is 0.944 bits per heavy atom. The lowest BCUT2D eigenvalue weighted by Crippen LogP contribution is -2.44. The van der Waals surface area contributed by atoms with Crippen molar-refractivity contribution in [3.05, 3.63) is 29.3 Å². The summed E-state index contributed by atoms with van der Waals surface area (Å²) in [5.41, 5.74) is 4.51. The van der Waals surface area contributed by atoms with Gasteiger partial charge in [-0.3, -0.25) is 0 Å². The molecule has 0 bridgehead atoms. The third kappa shape index (κ3) is 2.69. The van der Waals surface area contributed by atoms with Crippen LogP contribution in [0.3, 0.4) is 0 Å². The van der Waals surface area contributed by atoms with Crippen molar-refractivity contribution in [3.63, 3.8) is 0 Å². The Balaban J connectivity index is 2.45. The molecule has 0 saturated carbocycles. The number of benzene rings is 1. The first-order chi connectivity index (χ1) is 8.61. The van der Waals surface area contributed by atoms with Crippen molar-refractivity contribution >= 4 is 5.69 Å². The highest BCUT2D eigenvalue weighted by molar-refractivity contribution is 5.62. The van der Waals surface area contributed by atoms with Crippen molar-refractivity contribution in [3.8, 4) is 0 Å². The number of hydrogen-bond donors (Lipinski definition) is 1. The van der Waals surface area contributed by atoms with E-state index in [-0.39, 0.29) is 0 Å². The first-order valence-electron chi connectivity index (χ1n) is 7.19. The lowest BCUT2D eigenvalue weighted by molar-refractivity contribution is 0.583. The van der Waals surface area contributed by atoms with Crippen LogP contribution in [0.5, 0.6) is 0 Å². The highest BCUT2D eigenvalue weighted by atomic mass is 15.2. The molecule has 0 spiro atoms. The number of nitrogens with zero attached hydrogens (tertiary/aromatic N) is 1. The fourth-order valence-corrected chi connectivity index (χ4v) is 2.77. The summed E-state index contributed by atoms with van der Waals surface area (Å²) in [6.07, 6.45) is 0. The van der Waals surface area contributed by atoms with E-state index in [1.807, 2.05) is 0 Å². The molecule has 18 heavy (non-hydrogen) atoms. The molecular formula is C16H26N2. The van der Waals surface area contributed by atoms with Crippen LogP contribution in [0.25, 0.3) is 0 Å². The van der Waals surface area contributed by atoms with E-state index in [1.165, 1.54) is 16.8 Å². The van der Waals surface area contributed by atoms with Gasteiger partial charge in [-0.15, -0.1) is 0 Å². The fourth-order valence-electron chi connectivity index (χ4n) is 2.77. The summed E-state index contributed by atoms with van der Waals surface area (Å²) in [5, 5.41) is 3.44. The number of rotatable bonds is 3. The number of piperazine rings is 1. The van der Waals surface area contributed by atoms with Gasteiger partial charge in [0.25, 0.3) is 0 Å². The minimum Gasteiger partial charge on any atom is -0.369 e. The van der Waals surface area contributed by atoms with Crippen LogP contribution in [0.2, 0.25) is 0 Å². The van der Waals surface area contributed by atoms with Crippen LogP contribution in [0.1, 0.15) is 50.7 Å². The summed E-state index contributed by atoms with van der Waals surface area (Å²) < 4.78 is 0. The smallest absolute Gasteiger partial charge is 0.0437 e. The molecule has 100 valence electrons. The Labute approximate surface area is 111 Å². The highest BCUT2D eigenvalue weighted by Crippen LogP contribution is 2.35. The van der Waals surface area contributed by atoms with Crippen LogP contribution in [-0.2, 0) is 0 Å². The molecule has 0 unspecified atom stereocenters. The summed E-state index contributed by atoms with van der Waals surface area (Å²) in [5.74, 6) is 1.18. The normalized spacial score (nSPS) is 16.7. The summed E-state index contributed by atoms with van der Waals surface area (Å²) in [6, 6.07) is 6.82. The van der Waals surface area contributed by atoms with Gasteiger partial charge in [0.1, 0.15) is 0 Å². The van der Waals surface area contributed by atoms with Crippen LogP contribution >= 0.6 is 0 Å². The minimum atomic E-state index is 0.591. The lowest BCUT2D eigenvalue weighted by Gasteiger charge is -2.34. The van der Waals surface area contributed by atoms with E-state index in [2.05, 4.69) is 56.1 Å². The average Bonchev–Trinajstić information content (AvgIpc) is 2.38. The number of para-hydroxylation sites is 1. The molecule has 0 atom stereocenters. The molecule has 0 radical (unpaired) electrons. The van der Waals surface area contributed by atoms with Crippen LogP contribution in [-0.4, -0.2) is 26.2 Å². The average molecular weight is 246 g/mol. The maximum Gasteiger partial charge on any atom is 0.0437 e. The molecule has 0 amide bonds. The van der Waals surface area contributed by atoms with Crippen molar-refractivity contribution < 1.29 is 0 Å². The summed E-state index contributed by atoms with van der Waals surface area (Å²) in [6.45, 7) is 13.6.